The van der Waals surface area contributed by atoms with Gasteiger partial charge in [-0.25, -0.2) is 9.18 Å². The average Bonchev–Trinajstić information content (AvgIpc) is 2.86. The number of aliphatic carboxylic acids is 1. The number of halogens is 1. The number of anilines is 1. The van der Waals surface area contributed by atoms with Crippen molar-refractivity contribution < 1.29 is 33.3 Å². The fourth-order valence-corrected chi connectivity index (χ4v) is 4.08. The van der Waals surface area contributed by atoms with E-state index < -0.39 is 17.8 Å². The molecule has 10 nitrogen and oxygen atoms in total. The van der Waals surface area contributed by atoms with Gasteiger partial charge in [0.15, 0.2) is 17.6 Å². The van der Waals surface area contributed by atoms with Crippen LogP contribution in [-0.2, 0) is 14.3 Å². The topological polar surface area (TPSA) is 147 Å². The number of nitrogens with zero attached hydrogens (tertiary/aromatic N) is 1. The lowest BCUT2D eigenvalue weighted by molar-refractivity contribution is -0.145. The summed E-state index contributed by atoms with van der Waals surface area (Å²) >= 11 is 0. The standard InChI is InChI=1S/C26H33FN4O6/c1-3-35-19-13-20(24(26(33)34)30-17-7-5-16(6-8-17)25(28)29)23(27)21(14-19)37-18-9-11-31(12-10-18)15-22(32)36-4-2/h5-8,13-14,18,24,30H,3-4,9-12,15H2,1-2H3,(H3,28,29)(H,33,34). The van der Waals surface area contributed by atoms with E-state index in [9.17, 15) is 14.7 Å². The number of ether oxygens (including phenoxy) is 3. The summed E-state index contributed by atoms with van der Waals surface area (Å²) in [5.74, 6) is -2.30. The molecule has 0 aliphatic carbocycles. The maximum Gasteiger partial charge on any atom is 0.330 e. The second-order valence-electron chi connectivity index (χ2n) is 8.56. The smallest absolute Gasteiger partial charge is 0.330 e. The van der Waals surface area contributed by atoms with Crippen molar-refractivity contribution in [2.45, 2.75) is 38.8 Å². The fraction of sp³-hybridized carbons (Fsp3) is 0.423. The lowest BCUT2D eigenvalue weighted by Crippen LogP contribution is -2.41. The van der Waals surface area contributed by atoms with Crippen LogP contribution in [0.5, 0.6) is 11.5 Å². The molecule has 0 radical (unpaired) electrons. The molecule has 1 aliphatic rings. The number of piperidine rings is 1. The first-order chi connectivity index (χ1) is 17.7. The van der Waals surface area contributed by atoms with Gasteiger partial charge in [-0.2, -0.15) is 0 Å². The SMILES string of the molecule is CCOC(=O)CN1CCC(Oc2cc(OCC)cc(C(Nc3ccc(C(=N)N)cc3)C(=O)O)c2F)CC1. The van der Waals surface area contributed by atoms with Crippen molar-refractivity contribution in [3.8, 4) is 11.5 Å². The largest absolute Gasteiger partial charge is 0.494 e. The quantitative estimate of drug-likeness (QED) is 0.190. The van der Waals surface area contributed by atoms with Gasteiger partial charge in [0.05, 0.1) is 19.8 Å². The van der Waals surface area contributed by atoms with Crippen LogP contribution in [0.3, 0.4) is 0 Å². The van der Waals surface area contributed by atoms with Gasteiger partial charge in [-0.05, 0) is 57.0 Å². The molecule has 1 fully saturated rings. The van der Waals surface area contributed by atoms with Crippen LogP contribution in [-0.4, -0.2) is 66.7 Å². The zero-order valence-corrected chi connectivity index (χ0v) is 21.0. The molecule has 200 valence electrons. The summed E-state index contributed by atoms with van der Waals surface area (Å²) in [5.41, 5.74) is 6.23. The molecule has 0 amide bonds. The number of carbonyl (C=O) groups is 2. The molecule has 0 spiro atoms. The van der Waals surface area contributed by atoms with E-state index in [1.165, 1.54) is 12.1 Å². The summed E-state index contributed by atoms with van der Waals surface area (Å²) in [5, 5.41) is 20.2. The number of carbonyl (C=O) groups excluding carboxylic acids is 1. The Kier molecular flexibility index (Phi) is 9.67. The minimum absolute atomic E-state index is 0.0928. The number of likely N-dealkylation sites (tertiary alicyclic amines) is 1. The molecular formula is C26H33FN4O6. The van der Waals surface area contributed by atoms with E-state index in [-0.39, 0.29) is 41.5 Å². The van der Waals surface area contributed by atoms with Gasteiger partial charge >= 0.3 is 11.9 Å². The maximum absolute atomic E-state index is 15.7. The number of nitrogens with two attached hydrogens (primary N) is 1. The number of benzene rings is 2. The summed E-state index contributed by atoms with van der Waals surface area (Å²) in [7, 11) is 0. The molecule has 2 aromatic carbocycles. The van der Waals surface area contributed by atoms with Crippen LogP contribution in [0, 0.1) is 11.2 Å². The number of rotatable bonds is 12. The highest BCUT2D eigenvalue weighted by Gasteiger charge is 2.29. The van der Waals surface area contributed by atoms with E-state index >= 15 is 4.39 Å². The third-order valence-corrected chi connectivity index (χ3v) is 5.90. The Morgan fingerprint density at radius 3 is 2.43 bits per heavy atom. The number of carboxylic acid groups (broad SMARTS) is 1. The molecular weight excluding hydrogens is 483 g/mol. The van der Waals surface area contributed by atoms with Crippen molar-refractivity contribution in [2.24, 2.45) is 5.73 Å². The van der Waals surface area contributed by atoms with E-state index in [1.54, 1.807) is 38.1 Å². The van der Waals surface area contributed by atoms with Crippen molar-refractivity contribution in [3.63, 3.8) is 0 Å². The molecule has 11 heteroatoms. The zero-order chi connectivity index (χ0) is 26.9. The van der Waals surface area contributed by atoms with Crippen LogP contribution in [0.4, 0.5) is 10.1 Å². The monoisotopic (exact) mass is 516 g/mol. The van der Waals surface area contributed by atoms with Gasteiger partial charge in [-0.1, -0.05) is 0 Å². The summed E-state index contributed by atoms with van der Waals surface area (Å²) < 4.78 is 32.2. The third-order valence-electron chi connectivity index (χ3n) is 5.90. The summed E-state index contributed by atoms with van der Waals surface area (Å²) in [4.78, 5) is 25.9. The Morgan fingerprint density at radius 2 is 1.86 bits per heavy atom. The van der Waals surface area contributed by atoms with Crippen LogP contribution >= 0.6 is 0 Å². The predicted molar refractivity (Wildman–Crippen MR) is 136 cm³/mol. The number of hydrogen-bond donors (Lipinski definition) is 4. The van der Waals surface area contributed by atoms with Gasteiger partial charge in [-0.15, -0.1) is 0 Å². The van der Waals surface area contributed by atoms with E-state index in [1.807, 2.05) is 4.90 Å². The first kappa shape index (κ1) is 27.7. The second-order valence-corrected chi connectivity index (χ2v) is 8.56. The van der Waals surface area contributed by atoms with Crippen LogP contribution < -0.4 is 20.5 Å². The molecule has 37 heavy (non-hydrogen) atoms. The van der Waals surface area contributed by atoms with Crippen LogP contribution in [0.1, 0.15) is 43.9 Å². The lowest BCUT2D eigenvalue weighted by Gasteiger charge is -2.31. The molecule has 2 aromatic rings. The average molecular weight is 517 g/mol. The van der Waals surface area contributed by atoms with Gasteiger partial charge in [-0.3, -0.25) is 15.1 Å². The summed E-state index contributed by atoms with van der Waals surface area (Å²) in [6.45, 7) is 5.51. The van der Waals surface area contributed by atoms with Crippen LogP contribution in [0.2, 0.25) is 0 Å². The molecule has 1 atom stereocenters. The first-order valence-corrected chi connectivity index (χ1v) is 12.2. The Morgan fingerprint density at radius 1 is 1.19 bits per heavy atom. The summed E-state index contributed by atoms with van der Waals surface area (Å²) in [6.07, 6.45) is 0.819. The summed E-state index contributed by atoms with van der Waals surface area (Å²) in [6, 6.07) is 7.62. The highest BCUT2D eigenvalue weighted by molar-refractivity contribution is 5.95. The minimum Gasteiger partial charge on any atom is -0.494 e. The Hall–Kier alpha value is -3.86. The Labute approximate surface area is 215 Å². The van der Waals surface area contributed by atoms with Gasteiger partial charge in [0, 0.05) is 36.0 Å². The van der Waals surface area contributed by atoms with Crippen molar-refractivity contribution in [1.82, 2.24) is 4.90 Å². The van der Waals surface area contributed by atoms with Gasteiger partial charge < -0.3 is 30.4 Å². The van der Waals surface area contributed by atoms with Crippen LogP contribution in [0.15, 0.2) is 36.4 Å². The number of amidine groups is 1. The molecule has 0 bridgehead atoms. The third kappa shape index (κ3) is 7.56. The molecule has 1 saturated heterocycles. The predicted octanol–water partition coefficient (Wildman–Crippen LogP) is 3.15. The van der Waals surface area contributed by atoms with E-state index in [2.05, 4.69) is 5.32 Å². The fourth-order valence-electron chi connectivity index (χ4n) is 4.08. The van der Waals surface area contributed by atoms with Crippen molar-refractivity contribution >= 4 is 23.5 Å². The maximum atomic E-state index is 15.7. The molecule has 1 unspecified atom stereocenters. The van der Waals surface area contributed by atoms with Gasteiger partial charge in [0.2, 0.25) is 0 Å². The van der Waals surface area contributed by atoms with E-state index in [0.29, 0.717) is 50.4 Å². The highest BCUT2D eigenvalue weighted by atomic mass is 19.1. The van der Waals surface area contributed by atoms with Gasteiger partial charge in [0.25, 0.3) is 0 Å². The number of nitrogens with one attached hydrogen (secondary N) is 2. The van der Waals surface area contributed by atoms with Crippen molar-refractivity contribution in [3.05, 3.63) is 53.3 Å². The molecule has 1 heterocycles. The normalized spacial score (nSPS) is 15.0. The molecule has 5 N–H and O–H groups in total. The number of nitrogen functional groups attached to an aromatic ring is 1. The minimum atomic E-state index is -1.43. The van der Waals surface area contributed by atoms with Crippen molar-refractivity contribution in [2.75, 3.05) is 38.2 Å². The lowest BCUT2D eigenvalue weighted by atomic mass is 10.0. The number of esters is 1. The van der Waals surface area contributed by atoms with E-state index in [4.69, 9.17) is 25.4 Å². The molecule has 0 aromatic heterocycles. The molecule has 3 rings (SSSR count). The highest BCUT2D eigenvalue weighted by Crippen LogP contribution is 2.34. The van der Waals surface area contributed by atoms with Crippen LogP contribution in [0.25, 0.3) is 0 Å². The molecule has 1 aliphatic heterocycles. The molecule has 0 saturated carbocycles. The Bertz CT molecular complexity index is 1100. The first-order valence-electron chi connectivity index (χ1n) is 12.2. The van der Waals surface area contributed by atoms with Crippen molar-refractivity contribution in [1.29, 1.82) is 5.41 Å². The van der Waals surface area contributed by atoms with E-state index in [0.717, 1.165) is 0 Å². The second kappa shape index (κ2) is 12.9. The van der Waals surface area contributed by atoms with Gasteiger partial charge in [0.1, 0.15) is 17.7 Å². The Balaban J connectivity index is 1.79. The zero-order valence-electron chi connectivity index (χ0n) is 21.0. The number of hydrogen-bond acceptors (Lipinski definition) is 8. The number of carboxylic acids is 1.